The van der Waals surface area contributed by atoms with Crippen LogP contribution in [0.5, 0.6) is 5.75 Å². The fourth-order valence-corrected chi connectivity index (χ4v) is 4.90. The number of anilines is 1. The quantitative estimate of drug-likeness (QED) is 0.426. The zero-order valence-electron chi connectivity index (χ0n) is 22.6. The second kappa shape index (κ2) is 12.5. The molecule has 0 saturated heterocycles. The van der Waals surface area contributed by atoms with Crippen LogP contribution in [0.4, 0.5) is 18.9 Å². The Hall–Kier alpha value is -2.99. The molecular weight excluding hydrogens is 559 g/mol. The molecule has 0 aliphatic rings. The number of nitrogens with zero attached hydrogens (tertiary/aromatic N) is 2. The van der Waals surface area contributed by atoms with Gasteiger partial charge >= 0.3 is 6.18 Å². The minimum absolute atomic E-state index is 0.0766. The van der Waals surface area contributed by atoms with Gasteiger partial charge in [-0.1, -0.05) is 30.7 Å². The Morgan fingerprint density at radius 3 is 2.13 bits per heavy atom. The van der Waals surface area contributed by atoms with Crippen molar-refractivity contribution in [3.63, 3.8) is 0 Å². The Labute approximate surface area is 232 Å². The lowest BCUT2D eigenvalue weighted by Crippen LogP contribution is -2.55. The Balaban J connectivity index is 2.56. The Morgan fingerprint density at radius 1 is 1.08 bits per heavy atom. The molecule has 2 amide bonds. The number of halogens is 4. The Bertz CT molecular complexity index is 1280. The zero-order chi connectivity index (χ0) is 29.8. The summed E-state index contributed by atoms with van der Waals surface area (Å²) in [4.78, 5) is 28.1. The third-order valence-corrected chi connectivity index (χ3v) is 7.06. The number of amides is 2. The highest BCUT2D eigenvalue weighted by Gasteiger charge is 2.35. The van der Waals surface area contributed by atoms with Gasteiger partial charge in [-0.25, -0.2) is 8.42 Å². The summed E-state index contributed by atoms with van der Waals surface area (Å²) in [6, 6.07) is 7.92. The predicted octanol–water partition coefficient (Wildman–Crippen LogP) is 4.86. The van der Waals surface area contributed by atoms with E-state index in [1.807, 2.05) is 0 Å². The number of carbonyl (C=O) groups excluding carboxylic acids is 2. The monoisotopic (exact) mass is 591 g/mol. The number of hydrogen-bond donors (Lipinski definition) is 1. The summed E-state index contributed by atoms with van der Waals surface area (Å²) < 4.78 is 71.3. The van der Waals surface area contributed by atoms with Crippen molar-refractivity contribution in [3.8, 4) is 5.75 Å². The fourth-order valence-electron chi connectivity index (χ4n) is 3.77. The van der Waals surface area contributed by atoms with E-state index >= 15 is 0 Å². The molecule has 0 aliphatic heterocycles. The van der Waals surface area contributed by atoms with Crippen LogP contribution in [0.1, 0.15) is 45.2 Å². The smallest absolute Gasteiger partial charge is 0.416 e. The van der Waals surface area contributed by atoms with E-state index in [0.717, 1.165) is 12.3 Å². The molecule has 1 atom stereocenters. The van der Waals surface area contributed by atoms with E-state index in [4.69, 9.17) is 16.3 Å². The van der Waals surface area contributed by atoms with Crippen LogP contribution in [0, 0.1) is 0 Å². The van der Waals surface area contributed by atoms with Crippen molar-refractivity contribution >= 4 is 39.1 Å². The van der Waals surface area contributed by atoms with Gasteiger partial charge in [0.1, 0.15) is 18.3 Å². The predicted molar refractivity (Wildman–Crippen MR) is 144 cm³/mol. The first-order valence-corrected chi connectivity index (χ1v) is 14.2. The van der Waals surface area contributed by atoms with E-state index in [-0.39, 0.29) is 18.0 Å². The van der Waals surface area contributed by atoms with Crippen molar-refractivity contribution in [3.05, 3.63) is 58.6 Å². The van der Waals surface area contributed by atoms with Crippen LogP contribution in [-0.4, -0.2) is 56.6 Å². The summed E-state index contributed by atoms with van der Waals surface area (Å²) >= 11 is 6.11. The molecule has 0 saturated carbocycles. The molecule has 1 N–H and O–H groups in total. The fraction of sp³-hybridized carbons (Fsp3) is 0.462. The highest BCUT2D eigenvalue weighted by atomic mass is 35.5. The van der Waals surface area contributed by atoms with Crippen LogP contribution in [0.3, 0.4) is 0 Å². The van der Waals surface area contributed by atoms with E-state index in [1.165, 1.54) is 12.0 Å². The second-order valence-corrected chi connectivity index (χ2v) is 12.3. The van der Waals surface area contributed by atoms with Crippen molar-refractivity contribution < 1.29 is 35.9 Å². The minimum atomic E-state index is -4.77. The third-order valence-electron chi connectivity index (χ3n) is 5.62. The van der Waals surface area contributed by atoms with E-state index in [2.05, 4.69) is 5.32 Å². The van der Waals surface area contributed by atoms with Gasteiger partial charge in [0.15, 0.2) is 0 Å². The van der Waals surface area contributed by atoms with E-state index < -0.39 is 57.4 Å². The summed E-state index contributed by atoms with van der Waals surface area (Å²) in [5.41, 5.74) is -1.63. The Morgan fingerprint density at radius 2 is 1.67 bits per heavy atom. The van der Waals surface area contributed by atoms with E-state index in [9.17, 15) is 31.2 Å². The summed E-state index contributed by atoms with van der Waals surface area (Å²) in [7, 11) is -2.78. The molecule has 0 spiro atoms. The molecule has 0 bridgehead atoms. The minimum Gasteiger partial charge on any atom is -0.497 e. The highest BCUT2D eigenvalue weighted by molar-refractivity contribution is 7.92. The largest absolute Gasteiger partial charge is 0.497 e. The van der Waals surface area contributed by atoms with Crippen molar-refractivity contribution in [1.29, 1.82) is 0 Å². The van der Waals surface area contributed by atoms with Gasteiger partial charge in [0.25, 0.3) is 0 Å². The topological polar surface area (TPSA) is 96.0 Å². The molecule has 0 heterocycles. The molecule has 216 valence electrons. The van der Waals surface area contributed by atoms with Crippen LogP contribution >= 0.6 is 11.6 Å². The molecule has 0 aliphatic carbocycles. The maximum atomic E-state index is 13.7. The number of nitrogens with one attached hydrogen (secondary N) is 1. The van der Waals surface area contributed by atoms with Gasteiger partial charge in [0, 0.05) is 12.1 Å². The SMILES string of the molecule is CC[C@H](C(=O)NC(C)(C)C)N(Cc1ccc(OC)cc1)C(=O)CN(c1cc(C(F)(F)F)ccc1Cl)S(C)(=O)=O. The number of carbonyl (C=O) groups is 2. The van der Waals surface area contributed by atoms with Gasteiger partial charge in [-0.05, 0) is 63.1 Å². The highest BCUT2D eigenvalue weighted by Crippen LogP contribution is 2.36. The maximum Gasteiger partial charge on any atom is 0.416 e. The van der Waals surface area contributed by atoms with Crippen LogP contribution < -0.4 is 14.4 Å². The molecule has 0 fully saturated rings. The molecule has 2 aromatic carbocycles. The molecule has 0 unspecified atom stereocenters. The first-order chi connectivity index (χ1) is 17.9. The normalized spacial score (nSPS) is 13.0. The van der Waals surface area contributed by atoms with Gasteiger partial charge in [-0.15, -0.1) is 0 Å². The molecule has 0 aromatic heterocycles. The standard InChI is InChI=1S/C26H33ClF3N3O5S/c1-7-21(24(35)31-25(2,3)4)32(15-17-8-11-19(38-5)12-9-17)23(34)16-33(39(6,36)37)22-14-18(26(28,29)30)10-13-20(22)27/h8-14,21H,7,15-16H2,1-6H3,(H,31,35)/t21-/m1/s1. The lowest BCUT2D eigenvalue weighted by Gasteiger charge is -2.34. The summed E-state index contributed by atoms with van der Waals surface area (Å²) in [5, 5.41) is 2.54. The lowest BCUT2D eigenvalue weighted by atomic mass is 10.1. The summed E-state index contributed by atoms with van der Waals surface area (Å²) in [6.07, 6.45) is -3.83. The molecule has 13 heteroatoms. The lowest BCUT2D eigenvalue weighted by molar-refractivity contribution is -0.141. The van der Waals surface area contributed by atoms with E-state index in [1.54, 1.807) is 52.0 Å². The molecule has 2 rings (SSSR count). The first kappa shape index (κ1) is 32.2. The van der Waals surface area contributed by atoms with Crippen LogP contribution in [-0.2, 0) is 32.3 Å². The number of alkyl halides is 3. The molecule has 2 aromatic rings. The van der Waals surface area contributed by atoms with Crippen molar-refractivity contribution in [1.82, 2.24) is 10.2 Å². The number of methoxy groups -OCH3 is 1. The Kier molecular flexibility index (Phi) is 10.3. The van der Waals surface area contributed by atoms with Crippen LogP contribution in [0.2, 0.25) is 5.02 Å². The van der Waals surface area contributed by atoms with Crippen LogP contribution in [0.25, 0.3) is 0 Å². The average Bonchev–Trinajstić information content (AvgIpc) is 2.80. The van der Waals surface area contributed by atoms with Gasteiger partial charge in [0.2, 0.25) is 21.8 Å². The molecule has 8 nitrogen and oxygen atoms in total. The number of rotatable bonds is 10. The molecular formula is C26H33ClF3N3O5S. The van der Waals surface area contributed by atoms with Crippen LogP contribution in [0.15, 0.2) is 42.5 Å². The first-order valence-electron chi connectivity index (χ1n) is 12.0. The summed E-state index contributed by atoms with van der Waals surface area (Å²) in [5.74, 6) is -0.702. The van der Waals surface area contributed by atoms with Gasteiger partial charge in [0.05, 0.1) is 29.6 Å². The summed E-state index contributed by atoms with van der Waals surface area (Å²) in [6.45, 7) is 6.05. The van der Waals surface area contributed by atoms with Crippen molar-refractivity contribution in [2.24, 2.45) is 0 Å². The number of hydrogen-bond acceptors (Lipinski definition) is 5. The van der Waals surface area contributed by atoms with Crippen molar-refractivity contribution in [2.45, 2.75) is 58.4 Å². The molecule has 0 radical (unpaired) electrons. The maximum absolute atomic E-state index is 13.7. The van der Waals surface area contributed by atoms with E-state index in [0.29, 0.717) is 27.8 Å². The second-order valence-electron chi connectivity index (χ2n) is 9.97. The van der Waals surface area contributed by atoms with Crippen molar-refractivity contribution in [2.75, 3.05) is 24.2 Å². The number of ether oxygens (including phenoxy) is 1. The van der Waals surface area contributed by atoms with Gasteiger partial charge < -0.3 is 15.0 Å². The van der Waals surface area contributed by atoms with Gasteiger partial charge in [-0.2, -0.15) is 13.2 Å². The third kappa shape index (κ3) is 9.03. The number of sulfonamides is 1. The van der Waals surface area contributed by atoms with Gasteiger partial charge in [-0.3, -0.25) is 13.9 Å². The number of benzene rings is 2. The average molecular weight is 592 g/mol. The zero-order valence-corrected chi connectivity index (χ0v) is 24.2. The molecule has 39 heavy (non-hydrogen) atoms.